The van der Waals surface area contributed by atoms with E-state index in [-0.39, 0.29) is 5.91 Å². The number of aromatic nitrogens is 1. The van der Waals surface area contributed by atoms with Crippen molar-refractivity contribution in [3.63, 3.8) is 0 Å². The van der Waals surface area contributed by atoms with Gasteiger partial charge < -0.3 is 9.88 Å². The Morgan fingerprint density at radius 2 is 1.86 bits per heavy atom. The zero-order chi connectivity index (χ0) is 14.8. The maximum Gasteiger partial charge on any atom is 0.256 e. The highest BCUT2D eigenvalue weighted by Crippen LogP contribution is 2.21. The summed E-state index contributed by atoms with van der Waals surface area (Å²) in [4.78, 5) is 17.4. The first-order valence-electron chi connectivity index (χ1n) is 6.72. The number of rotatable bonds is 3. The average Bonchev–Trinajstić information content (AvgIpc) is 2.92. The second kappa shape index (κ2) is 5.62. The fourth-order valence-electron chi connectivity index (χ4n) is 2.41. The molecule has 1 heterocycles. The molecule has 21 heavy (non-hydrogen) atoms. The summed E-state index contributed by atoms with van der Waals surface area (Å²) >= 11 is 6.15. The maximum atomic E-state index is 12.6. The molecule has 0 saturated carbocycles. The molecule has 0 aliphatic heterocycles. The van der Waals surface area contributed by atoms with Crippen molar-refractivity contribution < 1.29 is 4.79 Å². The van der Waals surface area contributed by atoms with Crippen LogP contribution in [0.2, 0.25) is 5.02 Å². The van der Waals surface area contributed by atoms with Crippen LogP contribution in [0.25, 0.3) is 10.9 Å². The quantitative estimate of drug-likeness (QED) is 0.776. The lowest BCUT2D eigenvalue weighted by molar-refractivity contribution is 0.0787. The number of para-hydroxylation sites is 1. The second-order valence-corrected chi connectivity index (χ2v) is 5.41. The van der Waals surface area contributed by atoms with Crippen LogP contribution in [-0.4, -0.2) is 22.8 Å². The van der Waals surface area contributed by atoms with Crippen LogP contribution in [0.5, 0.6) is 0 Å². The molecule has 0 radical (unpaired) electrons. The molecule has 3 nitrogen and oxygen atoms in total. The highest BCUT2D eigenvalue weighted by Gasteiger charge is 2.16. The zero-order valence-corrected chi connectivity index (χ0v) is 12.4. The van der Waals surface area contributed by atoms with Gasteiger partial charge in [0.25, 0.3) is 5.91 Å². The Kier molecular flexibility index (Phi) is 3.67. The molecule has 0 fully saturated rings. The highest BCUT2D eigenvalue weighted by atomic mass is 35.5. The van der Waals surface area contributed by atoms with Crippen molar-refractivity contribution in [2.24, 2.45) is 0 Å². The standard InChI is InChI=1S/C17H15ClN2O/c1-20(11-12-6-2-4-8-15(12)18)17(21)14-10-19-16-9-5-3-7-13(14)16/h2-10,19H,11H2,1H3. The molecule has 0 atom stereocenters. The van der Waals surface area contributed by atoms with Crippen molar-refractivity contribution in [2.45, 2.75) is 6.54 Å². The van der Waals surface area contributed by atoms with E-state index in [1.165, 1.54) is 0 Å². The third-order valence-corrected chi connectivity index (χ3v) is 3.90. The summed E-state index contributed by atoms with van der Waals surface area (Å²) in [6, 6.07) is 15.4. The number of halogens is 1. The molecule has 3 rings (SSSR count). The van der Waals surface area contributed by atoms with Gasteiger partial charge in [-0.25, -0.2) is 0 Å². The molecule has 106 valence electrons. The maximum absolute atomic E-state index is 12.6. The molecule has 1 aromatic heterocycles. The largest absolute Gasteiger partial charge is 0.360 e. The van der Waals surface area contributed by atoms with Crippen LogP contribution in [0.4, 0.5) is 0 Å². The van der Waals surface area contributed by atoms with Gasteiger partial charge in [0.1, 0.15) is 0 Å². The fourth-order valence-corrected chi connectivity index (χ4v) is 2.60. The van der Waals surface area contributed by atoms with Gasteiger partial charge in [-0.1, -0.05) is 48.0 Å². The molecular weight excluding hydrogens is 284 g/mol. The minimum absolute atomic E-state index is 0.0210. The average molecular weight is 299 g/mol. The molecule has 0 bridgehead atoms. The van der Waals surface area contributed by atoms with Crippen molar-refractivity contribution in [1.82, 2.24) is 9.88 Å². The van der Waals surface area contributed by atoms with Crippen molar-refractivity contribution in [3.8, 4) is 0 Å². The summed E-state index contributed by atoms with van der Waals surface area (Å²) < 4.78 is 0. The number of aromatic amines is 1. The van der Waals surface area contributed by atoms with Gasteiger partial charge in [0.05, 0.1) is 5.56 Å². The minimum atomic E-state index is -0.0210. The second-order valence-electron chi connectivity index (χ2n) is 5.00. The molecule has 0 unspecified atom stereocenters. The lowest BCUT2D eigenvalue weighted by Gasteiger charge is -2.17. The van der Waals surface area contributed by atoms with E-state index >= 15 is 0 Å². The summed E-state index contributed by atoms with van der Waals surface area (Å²) in [5.74, 6) is -0.0210. The summed E-state index contributed by atoms with van der Waals surface area (Å²) in [7, 11) is 1.79. The van der Waals surface area contributed by atoms with E-state index in [0.717, 1.165) is 16.5 Å². The number of nitrogens with one attached hydrogen (secondary N) is 1. The van der Waals surface area contributed by atoms with E-state index in [9.17, 15) is 4.79 Å². The van der Waals surface area contributed by atoms with Crippen molar-refractivity contribution in [2.75, 3.05) is 7.05 Å². The van der Waals surface area contributed by atoms with Gasteiger partial charge in [0.15, 0.2) is 0 Å². The SMILES string of the molecule is CN(Cc1ccccc1Cl)C(=O)c1c[nH]c2ccccc12. The molecule has 0 aliphatic rings. The van der Waals surface area contributed by atoms with E-state index in [2.05, 4.69) is 4.98 Å². The zero-order valence-electron chi connectivity index (χ0n) is 11.6. The van der Waals surface area contributed by atoms with E-state index < -0.39 is 0 Å². The van der Waals surface area contributed by atoms with E-state index in [4.69, 9.17) is 11.6 Å². The van der Waals surface area contributed by atoms with Gasteiger partial charge in [0, 0.05) is 35.7 Å². The topological polar surface area (TPSA) is 36.1 Å². The molecule has 2 aromatic carbocycles. The van der Waals surface area contributed by atoms with Crippen molar-refractivity contribution in [3.05, 3.63) is 70.9 Å². The first kappa shape index (κ1) is 13.7. The van der Waals surface area contributed by atoms with Gasteiger partial charge in [0.2, 0.25) is 0 Å². The molecule has 0 saturated heterocycles. The van der Waals surface area contributed by atoms with Gasteiger partial charge in [-0.15, -0.1) is 0 Å². The summed E-state index contributed by atoms with van der Waals surface area (Å²) in [6.45, 7) is 0.484. The minimum Gasteiger partial charge on any atom is -0.360 e. The number of carbonyl (C=O) groups excluding carboxylic acids is 1. The predicted octanol–water partition coefficient (Wildman–Crippen LogP) is 4.09. The molecular formula is C17H15ClN2O. The Bertz CT molecular complexity index is 794. The van der Waals surface area contributed by atoms with Crippen LogP contribution >= 0.6 is 11.6 Å². The van der Waals surface area contributed by atoms with Gasteiger partial charge in [-0.3, -0.25) is 4.79 Å². The number of hydrogen-bond acceptors (Lipinski definition) is 1. The predicted molar refractivity (Wildman–Crippen MR) is 85.5 cm³/mol. The normalized spacial score (nSPS) is 10.8. The van der Waals surface area contributed by atoms with Gasteiger partial charge >= 0.3 is 0 Å². The number of carbonyl (C=O) groups is 1. The third-order valence-electron chi connectivity index (χ3n) is 3.53. The Balaban J connectivity index is 1.86. The molecule has 0 aliphatic carbocycles. The molecule has 0 spiro atoms. The van der Waals surface area contributed by atoms with E-state index in [0.29, 0.717) is 17.1 Å². The lowest BCUT2D eigenvalue weighted by Crippen LogP contribution is -2.26. The van der Waals surface area contributed by atoms with Crippen LogP contribution in [0, 0.1) is 0 Å². The first-order chi connectivity index (χ1) is 10.2. The number of amides is 1. The highest BCUT2D eigenvalue weighted by molar-refractivity contribution is 6.31. The van der Waals surface area contributed by atoms with Crippen LogP contribution < -0.4 is 0 Å². The first-order valence-corrected chi connectivity index (χ1v) is 7.09. The van der Waals surface area contributed by atoms with Crippen LogP contribution in [0.3, 0.4) is 0 Å². The Hall–Kier alpha value is -2.26. The summed E-state index contributed by atoms with van der Waals surface area (Å²) in [5.41, 5.74) is 2.59. The van der Waals surface area contributed by atoms with E-state index in [1.54, 1.807) is 18.1 Å². The van der Waals surface area contributed by atoms with Crippen LogP contribution in [-0.2, 0) is 6.54 Å². The molecule has 4 heteroatoms. The van der Waals surface area contributed by atoms with Crippen LogP contribution in [0.15, 0.2) is 54.7 Å². The Morgan fingerprint density at radius 3 is 2.67 bits per heavy atom. The number of nitrogens with zero attached hydrogens (tertiary/aromatic N) is 1. The van der Waals surface area contributed by atoms with Gasteiger partial charge in [-0.05, 0) is 17.7 Å². The Morgan fingerprint density at radius 1 is 1.14 bits per heavy atom. The van der Waals surface area contributed by atoms with E-state index in [1.807, 2.05) is 48.5 Å². The molecule has 1 N–H and O–H groups in total. The number of H-pyrrole nitrogens is 1. The van der Waals surface area contributed by atoms with Gasteiger partial charge in [-0.2, -0.15) is 0 Å². The van der Waals surface area contributed by atoms with Crippen molar-refractivity contribution in [1.29, 1.82) is 0 Å². The molecule has 1 amide bonds. The Labute approximate surface area is 128 Å². The monoisotopic (exact) mass is 298 g/mol. The molecule has 3 aromatic rings. The third kappa shape index (κ3) is 2.65. The van der Waals surface area contributed by atoms with Crippen molar-refractivity contribution >= 4 is 28.4 Å². The lowest BCUT2D eigenvalue weighted by atomic mass is 10.1. The number of hydrogen-bond donors (Lipinski definition) is 1. The number of benzene rings is 2. The summed E-state index contributed by atoms with van der Waals surface area (Å²) in [6.07, 6.45) is 1.76. The smallest absolute Gasteiger partial charge is 0.256 e. The fraction of sp³-hybridized carbons (Fsp3) is 0.118. The summed E-state index contributed by atoms with van der Waals surface area (Å²) in [5, 5.41) is 1.62. The number of fused-ring (bicyclic) bond motifs is 1. The van der Waals surface area contributed by atoms with Crippen LogP contribution in [0.1, 0.15) is 15.9 Å².